The molecule has 0 saturated carbocycles. The molecule has 0 aliphatic rings. The van der Waals surface area contributed by atoms with Crippen molar-refractivity contribution < 1.29 is 9.32 Å². The predicted octanol–water partition coefficient (Wildman–Crippen LogP) is 3.75. The van der Waals surface area contributed by atoms with Crippen LogP contribution in [0.25, 0.3) is 17.3 Å². The van der Waals surface area contributed by atoms with E-state index in [2.05, 4.69) is 25.4 Å². The number of imidazole rings is 1. The lowest BCUT2D eigenvalue weighted by molar-refractivity contribution is 0.102. The minimum atomic E-state index is -0.291. The van der Waals surface area contributed by atoms with Gasteiger partial charge in [0.1, 0.15) is 12.0 Å². The van der Waals surface area contributed by atoms with Crippen molar-refractivity contribution in [3.05, 3.63) is 71.7 Å². The largest absolute Gasteiger partial charge is 0.334 e. The molecule has 3 aromatic heterocycles. The molecule has 0 fully saturated rings. The van der Waals surface area contributed by atoms with Crippen LogP contribution in [-0.4, -0.2) is 30.6 Å². The van der Waals surface area contributed by atoms with Crippen molar-refractivity contribution in [2.24, 2.45) is 0 Å². The van der Waals surface area contributed by atoms with Gasteiger partial charge in [-0.15, -0.1) is 0 Å². The van der Waals surface area contributed by atoms with Crippen LogP contribution >= 0.6 is 0 Å². The topological polar surface area (TPSA) is 98.7 Å². The van der Waals surface area contributed by atoms with Gasteiger partial charge in [-0.25, -0.2) is 9.97 Å². The van der Waals surface area contributed by atoms with Gasteiger partial charge in [0.25, 0.3) is 11.8 Å². The first kappa shape index (κ1) is 18.5. The number of nitrogens with one attached hydrogen (secondary N) is 1. The van der Waals surface area contributed by atoms with Crippen LogP contribution < -0.4 is 5.32 Å². The molecule has 8 heteroatoms. The van der Waals surface area contributed by atoms with Crippen LogP contribution in [0.3, 0.4) is 0 Å². The lowest BCUT2D eigenvalue weighted by Gasteiger charge is -2.09. The highest BCUT2D eigenvalue weighted by Gasteiger charge is 2.17. The smallest absolute Gasteiger partial charge is 0.275 e. The number of carbonyl (C=O) groups excluding carboxylic acids is 1. The molecule has 29 heavy (non-hydrogen) atoms. The summed E-state index contributed by atoms with van der Waals surface area (Å²) in [4.78, 5) is 25.7. The van der Waals surface area contributed by atoms with Gasteiger partial charge in [0.2, 0.25) is 0 Å². The zero-order chi connectivity index (χ0) is 20.4. The third kappa shape index (κ3) is 3.64. The third-order valence-electron chi connectivity index (χ3n) is 4.71. The summed E-state index contributed by atoms with van der Waals surface area (Å²) in [5.74, 6) is 1.26. The first-order valence-corrected chi connectivity index (χ1v) is 9.26. The van der Waals surface area contributed by atoms with Crippen molar-refractivity contribution in [1.82, 2.24) is 24.7 Å². The minimum Gasteiger partial charge on any atom is -0.334 e. The van der Waals surface area contributed by atoms with Gasteiger partial charge in [0, 0.05) is 24.5 Å². The van der Waals surface area contributed by atoms with Gasteiger partial charge in [-0.2, -0.15) is 4.98 Å². The van der Waals surface area contributed by atoms with E-state index in [-0.39, 0.29) is 11.6 Å². The fourth-order valence-electron chi connectivity index (χ4n) is 2.91. The molecular formula is C21H20N6O2. The molecule has 8 nitrogen and oxygen atoms in total. The van der Waals surface area contributed by atoms with Crippen LogP contribution in [0.4, 0.5) is 5.69 Å². The Hall–Kier alpha value is -3.81. The van der Waals surface area contributed by atoms with Crippen molar-refractivity contribution in [2.75, 3.05) is 5.32 Å². The summed E-state index contributed by atoms with van der Waals surface area (Å²) in [5, 5.41) is 6.85. The normalized spacial score (nSPS) is 10.9. The second-order valence-corrected chi connectivity index (χ2v) is 6.61. The van der Waals surface area contributed by atoms with E-state index in [1.54, 1.807) is 29.4 Å². The molecule has 4 rings (SSSR count). The van der Waals surface area contributed by atoms with Crippen LogP contribution in [0.15, 0.2) is 53.6 Å². The van der Waals surface area contributed by atoms with E-state index in [9.17, 15) is 4.79 Å². The van der Waals surface area contributed by atoms with Crippen LogP contribution in [0.1, 0.15) is 34.4 Å². The average molecular weight is 388 g/mol. The Morgan fingerprint density at radius 1 is 1.17 bits per heavy atom. The summed E-state index contributed by atoms with van der Waals surface area (Å²) in [7, 11) is 0. The SMILES string of the molecule is CCc1noc(-c2cccnc2-n2cnc(C(=O)Nc3cccc(C)c3C)c2)n1. The number of nitrogens with zero attached hydrogens (tertiary/aromatic N) is 5. The lowest BCUT2D eigenvalue weighted by Crippen LogP contribution is -2.13. The first-order chi connectivity index (χ1) is 14.1. The average Bonchev–Trinajstić information content (AvgIpc) is 3.41. The maximum atomic E-state index is 12.7. The van der Waals surface area contributed by atoms with Crippen LogP contribution in [0, 0.1) is 13.8 Å². The van der Waals surface area contributed by atoms with Crippen molar-refractivity contribution >= 4 is 11.6 Å². The van der Waals surface area contributed by atoms with E-state index in [1.807, 2.05) is 45.0 Å². The van der Waals surface area contributed by atoms with E-state index >= 15 is 0 Å². The molecule has 0 bridgehead atoms. The van der Waals surface area contributed by atoms with E-state index in [0.29, 0.717) is 29.5 Å². The Labute approximate surface area is 167 Å². The molecule has 0 unspecified atom stereocenters. The number of hydrogen-bond acceptors (Lipinski definition) is 6. The Balaban J connectivity index is 1.63. The molecule has 0 aliphatic heterocycles. The second kappa shape index (κ2) is 7.67. The van der Waals surface area contributed by atoms with Crippen LogP contribution in [0.5, 0.6) is 0 Å². The summed E-state index contributed by atoms with van der Waals surface area (Å²) >= 11 is 0. The van der Waals surface area contributed by atoms with Crippen molar-refractivity contribution in [1.29, 1.82) is 0 Å². The number of benzene rings is 1. The molecular weight excluding hydrogens is 368 g/mol. The zero-order valence-electron chi connectivity index (χ0n) is 16.4. The van der Waals surface area contributed by atoms with E-state index in [0.717, 1.165) is 16.8 Å². The molecule has 3 heterocycles. The summed E-state index contributed by atoms with van der Waals surface area (Å²) in [6.45, 7) is 5.93. The molecule has 1 amide bonds. The van der Waals surface area contributed by atoms with Crippen molar-refractivity contribution in [3.63, 3.8) is 0 Å². The third-order valence-corrected chi connectivity index (χ3v) is 4.71. The molecule has 146 valence electrons. The number of anilines is 1. The number of aryl methyl sites for hydroxylation is 2. The minimum absolute atomic E-state index is 0.280. The molecule has 1 N–H and O–H groups in total. The number of rotatable bonds is 5. The van der Waals surface area contributed by atoms with Gasteiger partial charge >= 0.3 is 0 Å². The Morgan fingerprint density at radius 2 is 2.03 bits per heavy atom. The summed E-state index contributed by atoms with van der Waals surface area (Å²) < 4.78 is 7.02. The quantitative estimate of drug-likeness (QED) is 0.559. The lowest BCUT2D eigenvalue weighted by atomic mass is 10.1. The zero-order valence-corrected chi connectivity index (χ0v) is 16.4. The Kier molecular flexibility index (Phi) is 4.90. The fourth-order valence-corrected chi connectivity index (χ4v) is 2.91. The molecule has 4 aromatic rings. The number of hydrogen-bond donors (Lipinski definition) is 1. The summed E-state index contributed by atoms with van der Waals surface area (Å²) in [5.41, 5.74) is 3.84. The van der Waals surface area contributed by atoms with E-state index in [4.69, 9.17) is 4.52 Å². The maximum Gasteiger partial charge on any atom is 0.275 e. The summed E-state index contributed by atoms with van der Waals surface area (Å²) in [6.07, 6.45) is 5.50. The predicted molar refractivity (Wildman–Crippen MR) is 108 cm³/mol. The highest BCUT2D eigenvalue weighted by atomic mass is 16.5. The fraction of sp³-hybridized carbons (Fsp3) is 0.190. The van der Waals surface area contributed by atoms with Crippen molar-refractivity contribution in [2.45, 2.75) is 27.2 Å². The van der Waals surface area contributed by atoms with E-state index < -0.39 is 0 Å². The molecule has 0 spiro atoms. The van der Waals surface area contributed by atoms with Gasteiger partial charge in [-0.1, -0.05) is 24.2 Å². The standard InChI is InChI=1S/C21H20N6O2/c1-4-18-25-21(29-26-18)15-8-6-10-22-19(15)27-11-17(23-12-27)20(28)24-16-9-5-7-13(2)14(16)3/h5-12H,4H2,1-3H3,(H,24,28). The second-order valence-electron chi connectivity index (χ2n) is 6.61. The monoisotopic (exact) mass is 388 g/mol. The molecule has 0 radical (unpaired) electrons. The number of pyridine rings is 1. The highest BCUT2D eigenvalue weighted by molar-refractivity contribution is 6.03. The summed E-state index contributed by atoms with van der Waals surface area (Å²) in [6, 6.07) is 9.41. The van der Waals surface area contributed by atoms with Gasteiger partial charge in [0.15, 0.2) is 11.6 Å². The van der Waals surface area contributed by atoms with Crippen LogP contribution in [0.2, 0.25) is 0 Å². The van der Waals surface area contributed by atoms with Crippen LogP contribution in [-0.2, 0) is 6.42 Å². The number of amides is 1. The number of aromatic nitrogens is 5. The van der Waals surface area contributed by atoms with Gasteiger partial charge in [0.05, 0.1) is 5.56 Å². The van der Waals surface area contributed by atoms with Gasteiger partial charge in [-0.3, -0.25) is 9.36 Å². The van der Waals surface area contributed by atoms with Crippen molar-refractivity contribution in [3.8, 4) is 17.3 Å². The highest BCUT2D eigenvalue weighted by Crippen LogP contribution is 2.24. The number of carbonyl (C=O) groups is 1. The molecule has 0 saturated heterocycles. The molecule has 0 atom stereocenters. The molecule has 0 aliphatic carbocycles. The van der Waals surface area contributed by atoms with Gasteiger partial charge < -0.3 is 9.84 Å². The Morgan fingerprint density at radius 3 is 2.83 bits per heavy atom. The maximum absolute atomic E-state index is 12.7. The first-order valence-electron chi connectivity index (χ1n) is 9.26. The van der Waals surface area contributed by atoms with Gasteiger partial charge in [-0.05, 0) is 43.2 Å². The molecule has 1 aromatic carbocycles. The van der Waals surface area contributed by atoms with E-state index in [1.165, 1.54) is 0 Å². The Bertz CT molecular complexity index is 1180.